The molecule has 0 aromatic carbocycles. The largest absolute Gasteiger partial charge is 0.365 e. The lowest BCUT2D eigenvalue weighted by molar-refractivity contribution is 0.258. The zero-order chi connectivity index (χ0) is 11.4. The first kappa shape index (κ1) is 14.0. The predicted molar refractivity (Wildman–Crippen MR) is 60.3 cm³/mol. The van der Waals surface area contributed by atoms with Crippen LogP contribution >= 0.6 is 19.8 Å². The molecular weight excluding hydrogens is 223 g/mol. The zero-order valence-electron chi connectivity index (χ0n) is 8.56. The van der Waals surface area contributed by atoms with Crippen molar-refractivity contribution in [1.29, 1.82) is 0 Å². The Hall–Kier alpha value is -0.0000000000000000208. The molecule has 0 aliphatic carbocycles. The first-order chi connectivity index (χ1) is 6.31. The molecule has 0 aliphatic heterocycles. The van der Waals surface area contributed by atoms with Crippen molar-refractivity contribution in [2.45, 2.75) is 32.6 Å². The average molecular weight is 240 g/mol. The van der Waals surface area contributed by atoms with E-state index in [-0.39, 0.29) is 6.61 Å². The van der Waals surface area contributed by atoms with Crippen molar-refractivity contribution < 1.29 is 14.0 Å². The van der Waals surface area contributed by atoms with E-state index >= 15 is 0 Å². The van der Waals surface area contributed by atoms with Crippen molar-refractivity contribution in [3.8, 4) is 0 Å². The average Bonchev–Trinajstić information content (AvgIpc) is 1.99. The van der Waals surface area contributed by atoms with Gasteiger partial charge in [-0.1, -0.05) is 12.2 Å². The molecule has 0 spiro atoms. The van der Waals surface area contributed by atoms with Crippen molar-refractivity contribution in [1.82, 2.24) is 5.32 Å². The minimum absolute atomic E-state index is 0.162. The second-order valence-electron chi connectivity index (χ2n) is 2.99. The van der Waals surface area contributed by atoms with Crippen LogP contribution in [-0.2, 0) is 9.09 Å². The second-order valence-corrected chi connectivity index (χ2v) is 5.54. The van der Waals surface area contributed by atoms with Gasteiger partial charge in [0.1, 0.15) is 5.78 Å². The molecule has 4 N–H and O–H groups in total. The standard InChI is InChI=1S/C7H17N2O3PS/c1-4-12-13(10,11)7(5(2)8)9-6(3)14/h5,7H,4,8H2,1-3H3,(H,9,14)(H,10,11). The van der Waals surface area contributed by atoms with E-state index in [1.807, 2.05) is 0 Å². The molecule has 0 heterocycles. The third kappa shape index (κ3) is 4.48. The molecule has 5 nitrogen and oxygen atoms in total. The van der Waals surface area contributed by atoms with Crippen molar-refractivity contribution in [3.05, 3.63) is 0 Å². The summed E-state index contributed by atoms with van der Waals surface area (Å²) in [4.78, 5) is 9.94. The Kier molecular flexibility index (Phi) is 5.78. The van der Waals surface area contributed by atoms with Gasteiger partial charge in [-0.15, -0.1) is 0 Å². The first-order valence-corrected chi connectivity index (χ1v) is 6.36. The highest BCUT2D eigenvalue weighted by Gasteiger charge is 2.35. The third-order valence-electron chi connectivity index (χ3n) is 1.51. The molecule has 0 amide bonds. The van der Waals surface area contributed by atoms with E-state index in [9.17, 15) is 9.46 Å². The van der Waals surface area contributed by atoms with Gasteiger partial charge < -0.3 is 20.5 Å². The molecule has 14 heavy (non-hydrogen) atoms. The van der Waals surface area contributed by atoms with E-state index in [2.05, 4.69) is 5.32 Å². The smallest absolute Gasteiger partial charge is 0.351 e. The molecule has 3 unspecified atom stereocenters. The first-order valence-electron chi connectivity index (χ1n) is 4.31. The predicted octanol–water partition coefficient (Wildman–Crippen LogP) is 0.819. The molecule has 0 saturated heterocycles. The van der Waals surface area contributed by atoms with Gasteiger partial charge in [-0.2, -0.15) is 0 Å². The Bertz CT molecular complexity index is 247. The summed E-state index contributed by atoms with van der Waals surface area (Å²) in [6.07, 6.45) is 0. The van der Waals surface area contributed by atoms with Gasteiger partial charge >= 0.3 is 7.60 Å². The molecule has 0 fully saturated rings. The summed E-state index contributed by atoms with van der Waals surface area (Å²) in [5, 5.41) is 2.67. The Balaban J connectivity index is 4.63. The summed E-state index contributed by atoms with van der Waals surface area (Å²) in [5.74, 6) is -0.847. The quantitative estimate of drug-likeness (QED) is 0.487. The maximum absolute atomic E-state index is 11.6. The van der Waals surface area contributed by atoms with Gasteiger partial charge in [-0.3, -0.25) is 4.57 Å². The van der Waals surface area contributed by atoms with Gasteiger partial charge in [-0.25, -0.2) is 0 Å². The van der Waals surface area contributed by atoms with Crippen LogP contribution < -0.4 is 11.1 Å². The maximum atomic E-state index is 11.6. The van der Waals surface area contributed by atoms with Crippen LogP contribution in [0.4, 0.5) is 0 Å². The lowest BCUT2D eigenvalue weighted by Crippen LogP contribution is -2.44. The van der Waals surface area contributed by atoms with Crippen molar-refractivity contribution in [3.63, 3.8) is 0 Å². The van der Waals surface area contributed by atoms with Crippen LogP contribution in [0, 0.1) is 0 Å². The minimum Gasteiger partial charge on any atom is -0.365 e. The van der Waals surface area contributed by atoms with Crippen molar-refractivity contribution in [2.75, 3.05) is 6.61 Å². The zero-order valence-corrected chi connectivity index (χ0v) is 10.3. The number of nitrogens with two attached hydrogens (primary N) is 1. The number of nitrogens with one attached hydrogen (secondary N) is 1. The summed E-state index contributed by atoms with van der Waals surface area (Å²) in [6, 6.07) is -0.518. The van der Waals surface area contributed by atoms with Gasteiger partial charge in [0, 0.05) is 6.04 Å². The summed E-state index contributed by atoms with van der Waals surface area (Å²) in [7, 11) is -3.74. The van der Waals surface area contributed by atoms with Gasteiger partial charge in [0.05, 0.1) is 11.6 Å². The van der Waals surface area contributed by atoms with Crippen molar-refractivity contribution >= 4 is 24.8 Å². The Labute approximate surface area is 89.5 Å². The molecule has 7 heteroatoms. The molecule has 0 bridgehead atoms. The van der Waals surface area contributed by atoms with E-state index in [1.165, 1.54) is 0 Å². The van der Waals surface area contributed by atoms with Gasteiger partial charge in [0.25, 0.3) is 0 Å². The number of thiocarbonyl (C=S) groups is 1. The summed E-state index contributed by atoms with van der Waals surface area (Å²) >= 11 is 4.79. The SMILES string of the molecule is CCOP(=O)(O)C(NC(C)=S)C(C)N. The van der Waals surface area contributed by atoms with Crippen LogP contribution in [0.25, 0.3) is 0 Å². The van der Waals surface area contributed by atoms with E-state index in [0.29, 0.717) is 4.99 Å². The molecule has 84 valence electrons. The van der Waals surface area contributed by atoms with Crippen LogP contribution in [0.2, 0.25) is 0 Å². The number of hydrogen-bond donors (Lipinski definition) is 3. The molecule has 0 rings (SSSR count). The van der Waals surface area contributed by atoms with Crippen LogP contribution in [0.3, 0.4) is 0 Å². The van der Waals surface area contributed by atoms with E-state index in [4.69, 9.17) is 22.5 Å². The van der Waals surface area contributed by atoms with Crippen molar-refractivity contribution in [2.24, 2.45) is 5.73 Å². The van der Waals surface area contributed by atoms with E-state index in [0.717, 1.165) is 0 Å². The van der Waals surface area contributed by atoms with Crippen LogP contribution in [0.1, 0.15) is 20.8 Å². The highest BCUT2D eigenvalue weighted by atomic mass is 32.1. The Morgan fingerprint density at radius 3 is 2.57 bits per heavy atom. The topological polar surface area (TPSA) is 84.6 Å². The van der Waals surface area contributed by atoms with E-state index in [1.54, 1.807) is 20.8 Å². The molecule has 0 aliphatic rings. The fraction of sp³-hybridized carbons (Fsp3) is 0.857. The molecular formula is C7H17N2O3PS. The highest BCUT2D eigenvalue weighted by molar-refractivity contribution is 7.80. The molecule has 0 aromatic heterocycles. The van der Waals surface area contributed by atoms with Gasteiger partial charge in [0.2, 0.25) is 0 Å². The van der Waals surface area contributed by atoms with E-state index < -0.39 is 19.4 Å². The van der Waals surface area contributed by atoms with Crippen LogP contribution in [0.15, 0.2) is 0 Å². The second kappa shape index (κ2) is 5.78. The number of rotatable bonds is 5. The number of hydrogen-bond acceptors (Lipinski definition) is 4. The monoisotopic (exact) mass is 240 g/mol. The molecule has 0 aromatic rings. The summed E-state index contributed by atoms with van der Waals surface area (Å²) in [6.45, 7) is 5.05. The lowest BCUT2D eigenvalue weighted by Gasteiger charge is -2.26. The molecule has 3 atom stereocenters. The molecule has 0 radical (unpaired) electrons. The summed E-state index contributed by atoms with van der Waals surface area (Å²) < 4.78 is 16.4. The normalized spacial score (nSPS) is 19.5. The Morgan fingerprint density at radius 1 is 1.79 bits per heavy atom. The Morgan fingerprint density at radius 2 is 2.29 bits per heavy atom. The minimum atomic E-state index is -3.74. The van der Waals surface area contributed by atoms with Crippen LogP contribution in [-0.4, -0.2) is 28.3 Å². The molecule has 0 saturated carbocycles. The van der Waals surface area contributed by atoms with Crippen LogP contribution in [0.5, 0.6) is 0 Å². The highest BCUT2D eigenvalue weighted by Crippen LogP contribution is 2.47. The summed E-state index contributed by atoms with van der Waals surface area (Å²) in [5.41, 5.74) is 5.57. The third-order valence-corrected chi connectivity index (χ3v) is 3.56. The lowest BCUT2D eigenvalue weighted by atomic mass is 10.3. The van der Waals surface area contributed by atoms with Gasteiger partial charge in [-0.05, 0) is 20.8 Å². The van der Waals surface area contributed by atoms with Gasteiger partial charge in [0.15, 0.2) is 0 Å². The fourth-order valence-electron chi connectivity index (χ4n) is 0.984. The fourth-order valence-corrected chi connectivity index (χ4v) is 2.68. The maximum Gasteiger partial charge on any atom is 0.351 e.